The van der Waals surface area contributed by atoms with Crippen LogP contribution in [0.15, 0.2) is 30.3 Å². The summed E-state index contributed by atoms with van der Waals surface area (Å²) in [5, 5.41) is 12.3. The summed E-state index contributed by atoms with van der Waals surface area (Å²) < 4.78 is 5.59. The van der Waals surface area contributed by atoms with Gasteiger partial charge in [0, 0.05) is 19.6 Å². The van der Waals surface area contributed by atoms with Gasteiger partial charge in [-0.1, -0.05) is 30.3 Å². The summed E-state index contributed by atoms with van der Waals surface area (Å²) in [7, 11) is 0. The second kappa shape index (κ2) is 6.37. The molecule has 0 radical (unpaired) electrons. The van der Waals surface area contributed by atoms with Crippen LogP contribution in [0.2, 0.25) is 0 Å². The van der Waals surface area contributed by atoms with Crippen molar-refractivity contribution in [3.8, 4) is 0 Å². The van der Waals surface area contributed by atoms with E-state index in [9.17, 15) is 4.79 Å². The average molecular weight is 250 g/mol. The molecule has 1 aliphatic rings. The van der Waals surface area contributed by atoms with Crippen molar-refractivity contribution >= 4 is 6.09 Å². The zero-order chi connectivity index (χ0) is 12.8. The number of rotatable bonds is 4. The molecule has 1 aromatic rings. The van der Waals surface area contributed by atoms with E-state index in [1.807, 2.05) is 30.3 Å². The van der Waals surface area contributed by atoms with E-state index < -0.39 is 6.09 Å². The van der Waals surface area contributed by atoms with Gasteiger partial charge in [-0.15, -0.1) is 0 Å². The number of nitrogens with zero attached hydrogens (tertiary/aromatic N) is 1. The Bertz CT molecular complexity index is 383. The molecule has 1 aliphatic heterocycles. The van der Waals surface area contributed by atoms with Gasteiger partial charge in [-0.3, -0.25) is 0 Å². The molecule has 1 saturated heterocycles. The summed E-state index contributed by atoms with van der Waals surface area (Å²) in [6.07, 6.45) is -0.871. The first-order chi connectivity index (χ1) is 8.77. The van der Waals surface area contributed by atoms with Crippen molar-refractivity contribution in [2.24, 2.45) is 0 Å². The van der Waals surface area contributed by atoms with Crippen LogP contribution in [0.25, 0.3) is 0 Å². The maximum Gasteiger partial charge on any atom is 0.407 e. The van der Waals surface area contributed by atoms with Crippen LogP contribution >= 0.6 is 0 Å². The molecular weight excluding hydrogens is 232 g/mol. The van der Waals surface area contributed by atoms with E-state index in [0.717, 1.165) is 5.56 Å². The van der Waals surface area contributed by atoms with Gasteiger partial charge in [-0.2, -0.15) is 0 Å². The molecule has 1 heterocycles. The van der Waals surface area contributed by atoms with Crippen LogP contribution in [0.4, 0.5) is 4.79 Å². The van der Waals surface area contributed by atoms with Crippen molar-refractivity contribution < 1.29 is 14.6 Å². The lowest BCUT2D eigenvalue weighted by Gasteiger charge is -2.33. The van der Waals surface area contributed by atoms with Crippen molar-refractivity contribution in [2.75, 3.05) is 26.2 Å². The van der Waals surface area contributed by atoms with E-state index in [0.29, 0.717) is 32.8 Å². The Morgan fingerprint density at radius 1 is 1.44 bits per heavy atom. The summed E-state index contributed by atoms with van der Waals surface area (Å²) in [5.74, 6) is 0. The highest BCUT2D eigenvalue weighted by atomic mass is 16.5. The normalized spacial score (nSPS) is 19.8. The number of amides is 1. The smallest absolute Gasteiger partial charge is 0.407 e. The van der Waals surface area contributed by atoms with Crippen molar-refractivity contribution in [1.82, 2.24) is 10.2 Å². The van der Waals surface area contributed by atoms with Crippen LogP contribution in [0.5, 0.6) is 0 Å². The molecule has 1 atom stereocenters. The Balaban J connectivity index is 1.79. The molecule has 5 heteroatoms. The number of benzene rings is 1. The standard InChI is InChI=1S/C13H18N2O3/c16-13(17)15-7-6-14-8-12(15)10-18-9-11-4-2-1-3-5-11/h1-5,12,14H,6-10H2,(H,16,17)/t12-/m1/s1. The predicted octanol–water partition coefficient (Wildman–Crippen LogP) is 1.15. The third kappa shape index (κ3) is 3.45. The highest BCUT2D eigenvalue weighted by Crippen LogP contribution is 2.06. The zero-order valence-corrected chi connectivity index (χ0v) is 10.2. The average Bonchev–Trinajstić information content (AvgIpc) is 2.40. The molecule has 2 rings (SSSR count). The molecule has 18 heavy (non-hydrogen) atoms. The highest BCUT2D eigenvalue weighted by molar-refractivity contribution is 5.65. The fraction of sp³-hybridized carbons (Fsp3) is 0.462. The van der Waals surface area contributed by atoms with Crippen molar-refractivity contribution in [2.45, 2.75) is 12.6 Å². The van der Waals surface area contributed by atoms with Crippen LogP contribution in [-0.4, -0.2) is 48.4 Å². The Morgan fingerprint density at radius 3 is 2.94 bits per heavy atom. The maximum atomic E-state index is 11.0. The Kier molecular flexibility index (Phi) is 4.55. The van der Waals surface area contributed by atoms with Gasteiger partial charge >= 0.3 is 6.09 Å². The first-order valence-corrected chi connectivity index (χ1v) is 6.09. The fourth-order valence-corrected chi connectivity index (χ4v) is 2.05. The first-order valence-electron chi connectivity index (χ1n) is 6.09. The third-order valence-electron chi connectivity index (χ3n) is 3.02. The number of piperazine rings is 1. The van der Waals surface area contributed by atoms with Gasteiger partial charge in [0.15, 0.2) is 0 Å². The van der Waals surface area contributed by atoms with Gasteiger partial charge < -0.3 is 20.1 Å². The minimum Gasteiger partial charge on any atom is -0.465 e. The molecule has 1 amide bonds. The van der Waals surface area contributed by atoms with Gasteiger partial charge in [-0.25, -0.2) is 4.79 Å². The summed E-state index contributed by atoms with van der Waals surface area (Å²) in [4.78, 5) is 12.5. The second-order valence-corrected chi connectivity index (χ2v) is 4.33. The molecule has 0 aromatic heterocycles. The van der Waals surface area contributed by atoms with Gasteiger partial charge in [0.2, 0.25) is 0 Å². The Morgan fingerprint density at radius 2 is 2.22 bits per heavy atom. The van der Waals surface area contributed by atoms with E-state index in [1.165, 1.54) is 4.90 Å². The van der Waals surface area contributed by atoms with E-state index in [-0.39, 0.29) is 6.04 Å². The molecule has 1 aromatic carbocycles. The van der Waals surface area contributed by atoms with Gasteiger partial charge in [-0.05, 0) is 5.56 Å². The molecule has 0 bridgehead atoms. The highest BCUT2D eigenvalue weighted by Gasteiger charge is 2.26. The SMILES string of the molecule is O=C(O)N1CCNC[C@@H]1COCc1ccccc1. The third-order valence-corrected chi connectivity index (χ3v) is 3.02. The maximum absolute atomic E-state index is 11.0. The van der Waals surface area contributed by atoms with Gasteiger partial charge in [0.25, 0.3) is 0 Å². The number of carboxylic acid groups (broad SMARTS) is 1. The quantitative estimate of drug-likeness (QED) is 0.841. The Labute approximate surface area is 106 Å². The largest absolute Gasteiger partial charge is 0.465 e. The fourth-order valence-electron chi connectivity index (χ4n) is 2.05. The zero-order valence-electron chi connectivity index (χ0n) is 10.2. The van der Waals surface area contributed by atoms with Crippen LogP contribution in [0.1, 0.15) is 5.56 Å². The number of carbonyl (C=O) groups is 1. The van der Waals surface area contributed by atoms with Crippen molar-refractivity contribution in [3.63, 3.8) is 0 Å². The van der Waals surface area contributed by atoms with Crippen LogP contribution in [-0.2, 0) is 11.3 Å². The molecule has 5 nitrogen and oxygen atoms in total. The van der Waals surface area contributed by atoms with Crippen molar-refractivity contribution in [1.29, 1.82) is 0 Å². The number of nitrogens with one attached hydrogen (secondary N) is 1. The van der Waals surface area contributed by atoms with Crippen LogP contribution in [0, 0.1) is 0 Å². The molecule has 0 aliphatic carbocycles. The van der Waals surface area contributed by atoms with E-state index in [2.05, 4.69) is 5.32 Å². The number of hydrogen-bond acceptors (Lipinski definition) is 3. The minimum absolute atomic E-state index is 0.0973. The molecule has 0 saturated carbocycles. The van der Waals surface area contributed by atoms with Crippen molar-refractivity contribution in [3.05, 3.63) is 35.9 Å². The summed E-state index contributed by atoms with van der Waals surface area (Å²) in [5.41, 5.74) is 1.10. The summed E-state index contributed by atoms with van der Waals surface area (Å²) in [6, 6.07) is 9.78. The molecule has 0 unspecified atom stereocenters. The number of ether oxygens (including phenoxy) is 1. The summed E-state index contributed by atoms with van der Waals surface area (Å²) >= 11 is 0. The minimum atomic E-state index is -0.871. The lowest BCUT2D eigenvalue weighted by molar-refractivity contribution is 0.0402. The van der Waals surface area contributed by atoms with Gasteiger partial charge in [0.05, 0.1) is 19.3 Å². The van der Waals surface area contributed by atoms with Crippen LogP contribution in [0.3, 0.4) is 0 Å². The van der Waals surface area contributed by atoms with E-state index >= 15 is 0 Å². The second-order valence-electron chi connectivity index (χ2n) is 4.33. The molecule has 1 fully saturated rings. The van der Waals surface area contributed by atoms with Gasteiger partial charge in [0.1, 0.15) is 0 Å². The molecule has 2 N–H and O–H groups in total. The monoisotopic (exact) mass is 250 g/mol. The topological polar surface area (TPSA) is 61.8 Å². The first kappa shape index (κ1) is 12.9. The number of hydrogen-bond donors (Lipinski definition) is 2. The van der Waals surface area contributed by atoms with Crippen LogP contribution < -0.4 is 5.32 Å². The van der Waals surface area contributed by atoms with E-state index in [1.54, 1.807) is 0 Å². The predicted molar refractivity (Wildman–Crippen MR) is 67.5 cm³/mol. The lowest BCUT2D eigenvalue weighted by atomic mass is 10.2. The van der Waals surface area contributed by atoms with E-state index in [4.69, 9.17) is 9.84 Å². The molecule has 0 spiro atoms. The summed E-state index contributed by atoms with van der Waals surface area (Å²) in [6.45, 7) is 2.83. The molecular formula is C13H18N2O3. The molecule has 98 valence electrons. The lowest BCUT2D eigenvalue weighted by Crippen LogP contribution is -2.55. The Hall–Kier alpha value is -1.59.